The van der Waals surface area contributed by atoms with E-state index in [0.29, 0.717) is 11.1 Å². The molecule has 1 heterocycles. The van der Waals surface area contributed by atoms with E-state index >= 15 is 0 Å². The molecule has 0 spiro atoms. The third-order valence-electron chi connectivity index (χ3n) is 5.20. The summed E-state index contributed by atoms with van der Waals surface area (Å²) in [5.74, 6) is -0.886. The summed E-state index contributed by atoms with van der Waals surface area (Å²) in [5.41, 5.74) is -3.37. The van der Waals surface area contributed by atoms with Gasteiger partial charge in [0.15, 0.2) is 11.4 Å². The van der Waals surface area contributed by atoms with Gasteiger partial charge in [-0.2, -0.15) is 13.2 Å². The molecule has 0 radical (unpaired) electrons. The van der Waals surface area contributed by atoms with E-state index in [9.17, 15) is 22.7 Å². The summed E-state index contributed by atoms with van der Waals surface area (Å²) in [6.07, 6.45) is -4.12. The van der Waals surface area contributed by atoms with Crippen LogP contribution in [0, 0.1) is 5.82 Å². The standard InChI is InChI=1S/C21H22F4N2O3/c1-19(2,15-10-13(22)6-7-18(15)30-29)11-20(28,21(23,24)25)12-27-17-5-3-4-16-14(17)8-9-26-16/h3-10,26-29H,11-12H2,1-2H3. The Morgan fingerprint density at radius 1 is 1.10 bits per heavy atom. The second-order valence-electron chi connectivity index (χ2n) is 7.92. The fraction of sp³-hybridized carbons (Fsp3) is 0.333. The molecule has 0 aliphatic carbocycles. The first-order valence-electron chi connectivity index (χ1n) is 9.17. The maximum Gasteiger partial charge on any atom is 0.418 e. The van der Waals surface area contributed by atoms with Gasteiger partial charge < -0.3 is 20.3 Å². The summed E-state index contributed by atoms with van der Waals surface area (Å²) in [4.78, 5) is 7.17. The van der Waals surface area contributed by atoms with Crippen molar-refractivity contribution in [2.75, 3.05) is 11.9 Å². The highest BCUT2D eigenvalue weighted by molar-refractivity contribution is 5.91. The summed E-state index contributed by atoms with van der Waals surface area (Å²) in [6, 6.07) is 9.89. The summed E-state index contributed by atoms with van der Waals surface area (Å²) in [6.45, 7) is 2.00. The van der Waals surface area contributed by atoms with E-state index < -0.39 is 36.0 Å². The van der Waals surface area contributed by atoms with Crippen LogP contribution in [-0.2, 0) is 5.41 Å². The molecular weight excluding hydrogens is 404 g/mol. The molecule has 1 atom stereocenters. The Labute approximate surface area is 170 Å². The summed E-state index contributed by atoms with van der Waals surface area (Å²) in [7, 11) is 0. The Hall–Kier alpha value is -2.78. The van der Waals surface area contributed by atoms with Crippen LogP contribution in [-0.4, -0.2) is 33.7 Å². The number of hydrogen-bond acceptors (Lipinski definition) is 4. The van der Waals surface area contributed by atoms with Crippen molar-refractivity contribution < 1.29 is 32.8 Å². The predicted octanol–water partition coefficient (Wildman–Crippen LogP) is 5.23. The molecule has 1 aromatic heterocycles. The van der Waals surface area contributed by atoms with Crippen molar-refractivity contribution in [3.05, 3.63) is 60.0 Å². The number of aliphatic hydroxyl groups is 1. The molecule has 0 aliphatic rings. The number of aromatic nitrogens is 1. The smallest absolute Gasteiger partial charge is 0.381 e. The van der Waals surface area contributed by atoms with Gasteiger partial charge >= 0.3 is 6.18 Å². The molecule has 0 aliphatic heterocycles. The maximum atomic E-state index is 13.9. The Morgan fingerprint density at radius 2 is 1.83 bits per heavy atom. The fourth-order valence-corrected chi connectivity index (χ4v) is 3.68. The van der Waals surface area contributed by atoms with Crippen molar-refractivity contribution in [1.82, 2.24) is 4.98 Å². The minimum atomic E-state index is -4.98. The van der Waals surface area contributed by atoms with E-state index in [-0.39, 0.29) is 11.3 Å². The third kappa shape index (κ3) is 4.22. The zero-order valence-corrected chi connectivity index (χ0v) is 16.3. The Balaban J connectivity index is 1.92. The Kier molecular flexibility index (Phi) is 5.70. The summed E-state index contributed by atoms with van der Waals surface area (Å²) >= 11 is 0. The second-order valence-corrected chi connectivity index (χ2v) is 7.92. The summed E-state index contributed by atoms with van der Waals surface area (Å²) in [5, 5.41) is 23.1. The highest BCUT2D eigenvalue weighted by atomic mass is 19.4. The molecule has 1 unspecified atom stereocenters. The molecule has 0 fully saturated rings. The first-order valence-corrected chi connectivity index (χ1v) is 9.17. The van der Waals surface area contributed by atoms with Crippen LogP contribution in [0.5, 0.6) is 5.75 Å². The molecule has 4 N–H and O–H groups in total. The van der Waals surface area contributed by atoms with Gasteiger partial charge in [-0.3, -0.25) is 0 Å². The lowest BCUT2D eigenvalue weighted by atomic mass is 9.74. The first kappa shape index (κ1) is 21.9. The molecule has 30 heavy (non-hydrogen) atoms. The van der Waals surface area contributed by atoms with Gasteiger partial charge in [0.1, 0.15) is 5.82 Å². The lowest BCUT2D eigenvalue weighted by Gasteiger charge is -2.38. The zero-order chi connectivity index (χ0) is 22.2. The molecular formula is C21H22F4N2O3. The lowest BCUT2D eigenvalue weighted by molar-refractivity contribution is -0.260. The number of aromatic amines is 1. The average Bonchev–Trinajstić information content (AvgIpc) is 3.14. The Morgan fingerprint density at radius 3 is 2.50 bits per heavy atom. The van der Waals surface area contributed by atoms with E-state index in [1.54, 1.807) is 30.5 Å². The number of hydrogen-bond donors (Lipinski definition) is 4. The van der Waals surface area contributed by atoms with Crippen LogP contribution in [0.25, 0.3) is 10.9 Å². The molecule has 0 saturated heterocycles. The van der Waals surface area contributed by atoms with Gasteiger partial charge in [0.2, 0.25) is 0 Å². The third-order valence-corrected chi connectivity index (χ3v) is 5.20. The summed E-state index contributed by atoms with van der Waals surface area (Å²) < 4.78 is 55.5. The van der Waals surface area contributed by atoms with Crippen LogP contribution in [0.4, 0.5) is 23.2 Å². The fourth-order valence-electron chi connectivity index (χ4n) is 3.68. The topological polar surface area (TPSA) is 77.5 Å². The monoisotopic (exact) mass is 426 g/mol. The van der Waals surface area contributed by atoms with Crippen LogP contribution < -0.4 is 10.2 Å². The molecule has 0 bridgehead atoms. The van der Waals surface area contributed by atoms with E-state index in [0.717, 1.165) is 23.7 Å². The van der Waals surface area contributed by atoms with Crippen molar-refractivity contribution in [3.63, 3.8) is 0 Å². The van der Waals surface area contributed by atoms with E-state index in [1.165, 1.54) is 13.8 Å². The highest BCUT2D eigenvalue weighted by Gasteiger charge is 2.56. The molecule has 9 heteroatoms. The minimum Gasteiger partial charge on any atom is -0.381 e. The SMILES string of the molecule is CC(C)(CC(O)(CNc1cccc2[nH]ccc12)C(F)(F)F)c1cc(F)ccc1OO. The lowest BCUT2D eigenvalue weighted by Crippen LogP contribution is -2.53. The molecule has 162 valence electrons. The minimum absolute atomic E-state index is 0.000381. The van der Waals surface area contributed by atoms with Crippen LogP contribution in [0.2, 0.25) is 0 Å². The van der Waals surface area contributed by atoms with Crippen molar-refractivity contribution in [2.24, 2.45) is 0 Å². The number of nitrogens with one attached hydrogen (secondary N) is 2. The molecule has 2 aromatic carbocycles. The van der Waals surface area contributed by atoms with E-state index in [2.05, 4.69) is 15.2 Å². The first-order chi connectivity index (χ1) is 14.0. The van der Waals surface area contributed by atoms with Gasteiger partial charge in [-0.05, 0) is 48.2 Å². The number of fused-ring (bicyclic) bond motifs is 1. The molecule has 3 rings (SSSR count). The van der Waals surface area contributed by atoms with Crippen molar-refractivity contribution >= 4 is 16.6 Å². The largest absolute Gasteiger partial charge is 0.418 e. The average molecular weight is 426 g/mol. The van der Waals surface area contributed by atoms with E-state index in [4.69, 9.17) is 5.26 Å². The van der Waals surface area contributed by atoms with Crippen LogP contribution in [0.3, 0.4) is 0 Å². The van der Waals surface area contributed by atoms with Gasteiger partial charge in [0.25, 0.3) is 0 Å². The predicted molar refractivity (Wildman–Crippen MR) is 105 cm³/mol. The van der Waals surface area contributed by atoms with Gasteiger partial charge in [-0.1, -0.05) is 19.9 Å². The number of anilines is 1. The molecule has 3 aromatic rings. The van der Waals surface area contributed by atoms with Crippen molar-refractivity contribution in [3.8, 4) is 5.75 Å². The van der Waals surface area contributed by atoms with Crippen molar-refractivity contribution in [1.29, 1.82) is 0 Å². The van der Waals surface area contributed by atoms with Crippen LogP contribution in [0.15, 0.2) is 48.7 Å². The van der Waals surface area contributed by atoms with Gasteiger partial charge in [0.05, 0.1) is 6.54 Å². The van der Waals surface area contributed by atoms with E-state index in [1.807, 2.05) is 0 Å². The van der Waals surface area contributed by atoms with Crippen LogP contribution in [0.1, 0.15) is 25.8 Å². The highest BCUT2D eigenvalue weighted by Crippen LogP contribution is 2.44. The second kappa shape index (κ2) is 7.81. The Bertz CT molecular complexity index is 1030. The van der Waals surface area contributed by atoms with Gasteiger partial charge in [0, 0.05) is 28.4 Å². The van der Waals surface area contributed by atoms with Crippen molar-refractivity contribution in [2.45, 2.75) is 37.5 Å². The number of rotatable bonds is 7. The number of halogens is 4. The molecule has 0 saturated carbocycles. The molecule has 0 amide bonds. The number of alkyl halides is 3. The quantitative estimate of drug-likeness (QED) is 0.237. The zero-order valence-electron chi connectivity index (χ0n) is 16.3. The maximum absolute atomic E-state index is 13.9. The normalized spacial score (nSPS) is 14.5. The number of benzene rings is 2. The van der Waals surface area contributed by atoms with Crippen LogP contribution >= 0.6 is 0 Å². The van der Waals surface area contributed by atoms with Gasteiger partial charge in [-0.15, -0.1) is 0 Å². The van der Waals surface area contributed by atoms with Gasteiger partial charge in [-0.25, -0.2) is 9.65 Å². The number of H-pyrrole nitrogens is 1. The molecule has 5 nitrogen and oxygen atoms in total.